The summed E-state index contributed by atoms with van der Waals surface area (Å²) in [7, 11) is 0. The second-order valence-corrected chi connectivity index (χ2v) is 7.56. The van der Waals surface area contributed by atoms with E-state index in [-0.39, 0.29) is 24.8 Å². The average molecular weight is 456 g/mol. The molecule has 1 aromatic heterocycles. The predicted molar refractivity (Wildman–Crippen MR) is 129 cm³/mol. The van der Waals surface area contributed by atoms with Crippen LogP contribution in [-0.2, 0) is 16.1 Å². The van der Waals surface area contributed by atoms with Crippen molar-refractivity contribution < 1.29 is 23.9 Å². The summed E-state index contributed by atoms with van der Waals surface area (Å²) in [5.74, 6) is -0.224. The van der Waals surface area contributed by atoms with Crippen LogP contribution in [0.25, 0.3) is 10.9 Å². The molecule has 4 rings (SSSR count). The van der Waals surface area contributed by atoms with Crippen molar-refractivity contribution in [1.29, 1.82) is 0 Å². The van der Waals surface area contributed by atoms with Gasteiger partial charge in [-0.15, -0.1) is 0 Å². The van der Waals surface area contributed by atoms with Crippen LogP contribution in [0.5, 0.6) is 5.75 Å². The molecule has 7 nitrogen and oxygen atoms in total. The van der Waals surface area contributed by atoms with Gasteiger partial charge < -0.3 is 19.4 Å². The minimum Gasteiger partial charge on any atom is -0.485 e. The molecule has 0 aliphatic carbocycles. The van der Waals surface area contributed by atoms with Gasteiger partial charge in [0.05, 0.1) is 12.2 Å². The van der Waals surface area contributed by atoms with Gasteiger partial charge in [0.15, 0.2) is 6.61 Å². The average Bonchev–Trinajstić information content (AvgIpc) is 3.22. The number of fused-ring (bicyclic) bond motifs is 1. The fourth-order valence-corrected chi connectivity index (χ4v) is 3.60. The Bertz CT molecular complexity index is 1310. The summed E-state index contributed by atoms with van der Waals surface area (Å²) >= 11 is 0. The van der Waals surface area contributed by atoms with Crippen LogP contribution in [-0.4, -0.2) is 35.4 Å². The number of carbonyl (C=O) groups excluding carboxylic acids is 3. The third kappa shape index (κ3) is 5.32. The van der Waals surface area contributed by atoms with Gasteiger partial charge in [0, 0.05) is 28.4 Å². The summed E-state index contributed by atoms with van der Waals surface area (Å²) in [5, 5.41) is 3.58. The summed E-state index contributed by atoms with van der Waals surface area (Å²) < 4.78 is 12.3. The van der Waals surface area contributed by atoms with Crippen molar-refractivity contribution in [3.8, 4) is 5.75 Å². The quantitative estimate of drug-likeness (QED) is 0.291. The Balaban J connectivity index is 1.46. The molecule has 0 spiro atoms. The molecule has 0 aliphatic rings. The number of nitrogens with one attached hydrogen (secondary N) is 1. The number of ether oxygens (including phenoxy) is 2. The molecule has 0 bridgehead atoms. The minimum absolute atomic E-state index is 0.0208. The third-order valence-electron chi connectivity index (χ3n) is 5.20. The number of aromatic nitrogens is 1. The molecule has 1 heterocycles. The van der Waals surface area contributed by atoms with Crippen LogP contribution in [0, 0.1) is 0 Å². The normalized spacial score (nSPS) is 10.6. The van der Waals surface area contributed by atoms with Crippen LogP contribution in [0.4, 0.5) is 5.69 Å². The summed E-state index contributed by atoms with van der Waals surface area (Å²) in [6.45, 7) is 1.96. The third-order valence-corrected chi connectivity index (χ3v) is 5.20. The number of benzene rings is 3. The van der Waals surface area contributed by atoms with Crippen molar-refractivity contribution in [2.45, 2.75) is 13.5 Å². The topological polar surface area (TPSA) is 86.6 Å². The fraction of sp³-hybridized carbons (Fsp3) is 0.148. The Morgan fingerprint density at radius 3 is 2.32 bits per heavy atom. The van der Waals surface area contributed by atoms with E-state index in [9.17, 15) is 14.4 Å². The van der Waals surface area contributed by atoms with Gasteiger partial charge in [-0.3, -0.25) is 9.59 Å². The van der Waals surface area contributed by atoms with Gasteiger partial charge in [-0.25, -0.2) is 4.79 Å². The Labute approximate surface area is 196 Å². The van der Waals surface area contributed by atoms with Crippen molar-refractivity contribution in [1.82, 2.24) is 4.57 Å². The van der Waals surface area contributed by atoms with Gasteiger partial charge in [-0.2, -0.15) is 0 Å². The van der Waals surface area contributed by atoms with E-state index in [2.05, 4.69) is 5.32 Å². The van der Waals surface area contributed by atoms with E-state index in [4.69, 9.17) is 9.47 Å². The Hall–Kier alpha value is -4.39. The molecule has 0 radical (unpaired) electrons. The monoisotopic (exact) mass is 456 g/mol. The molecule has 0 aliphatic heterocycles. The van der Waals surface area contributed by atoms with Crippen molar-refractivity contribution in [3.63, 3.8) is 0 Å². The van der Waals surface area contributed by atoms with Crippen LogP contribution >= 0.6 is 0 Å². The minimum atomic E-state index is -0.410. The summed E-state index contributed by atoms with van der Waals surface area (Å²) in [4.78, 5) is 37.4. The number of hydrogen-bond donors (Lipinski definition) is 1. The van der Waals surface area contributed by atoms with E-state index in [1.807, 2.05) is 42.5 Å². The zero-order valence-corrected chi connectivity index (χ0v) is 18.7. The summed E-state index contributed by atoms with van der Waals surface area (Å²) in [6.07, 6.45) is 1.69. The van der Waals surface area contributed by atoms with Gasteiger partial charge in [0.1, 0.15) is 12.3 Å². The largest absolute Gasteiger partial charge is 0.485 e. The van der Waals surface area contributed by atoms with Crippen molar-refractivity contribution in [3.05, 3.63) is 96.2 Å². The second-order valence-electron chi connectivity index (χ2n) is 7.56. The number of ketones is 1. The molecule has 0 saturated heterocycles. The standard InChI is InChI=1S/C27H24N2O5/c1-2-33-27(32)19-12-14-20(15-13-19)28-26(31)17-29-16-23(22-10-6-7-11-24(22)29)25(30)18-34-21-8-4-3-5-9-21/h3-16H,2,17-18H2,1H3,(H,28,31). The number of nitrogens with zero attached hydrogens (tertiary/aromatic N) is 1. The number of hydrogen-bond acceptors (Lipinski definition) is 5. The number of Topliss-reactive ketones (excluding diaryl/α,β-unsaturated/α-hetero) is 1. The Morgan fingerprint density at radius 1 is 0.882 bits per heavy atom. The molecule has 0 atom stereocenters. The number of esters is 1. The predicted octanol–water partition coefficient (Wildman–Crippen LogP) is 4.72. The lowest BCUT2D eigenvalue weighted by atomic mass is 10.1. The first-order chi connectivity index (χ1) is 16.5. The van der Waals surface area contributed by atoms with E-state index in [0.29, 0.717) is 29.2 Å². The summed E-state index contributed by atoms with van der Waals surface area (Å²) in [6, 6.07) is 23.1. The fourth-order valence-electron chi connectivity index (χ4n) is 3.60. The summed E-state index contributed by atoms with van der Waals surface area (Å²) in [5.41, 5.74) is 2.25. The lowest BCUT2D eigenvalue weighted by molar-refractivity contribution is -0.116. The first kappa shape index (κ1) is 22.8. The van der Waals surface area contributed by atoms with E-state index in [1.165, 1.54) is 0 Å². The van der Waals surface area contributed by atoms with E-state index >= 15 is 0 Å². The van der Waals surface area contributed by atoms with Crippen molar-refractivity contribution in [2.75, 3.05) is 18.5 Å². The second kappa shape index (κ2) is 10.5. The molecule has 0 unspecified atom stereocenters. The first-order valence-corrected chi connectivity index (χ1v) is 10.9. The molecule has 172 valence electrons. The highest BCUT2D eigenvalue weighted by atomic mass is 16.5. The molecule has 34 heavy (non-hydrogen) atoms. The molecular formula is C27H24N2O5. The van der Waals surface area contributed by atoms with Crippen LogP contribution in [0.3, 0.4) is 0 Å². The molecule has 1 amide bonds. The lowest BCUT2D eigenvalue weighted by Crippen LogP contribution is -2.18. The van der Waals surface area contributed by atoms with Crippen molar-refractivity contribution >= 4 is 34.3 Å². The number of amides is 1. The maximum absolute atomic E-state index is 12.9. The maximum Gasteiger partial charge on any atom is 0.338 e. The van der Waals surface area contributed by atoms with Crippen LogP contribution < -0.4 is 10.1 Å². The highest BCUT2D eigenvalue weighted by Crippen LogP contribution is 2.23. The number of carbonyl (C=O) groups is 3. The number of rotatable bonds is 9. The lowest BCUT2D eigenvalue weighted by Gasteiger charge is -2.08. The van der Waals surface area contributed by atoms with E-state index in [0.717, 1.165) is 10.9 Å². The molecule has 7 heteroatoms. The molecule has 4 aromatic rings. The zero-order chi connectivity index (χ0) is 23.9. The van der Waals surface area contributed by atoms with E-state index in [1.54, 1.807) is 54.1 Å². The van der Waals surface area contributed by atoms with Crippen LogP contribution in [0.2, 0.25) is 0 Å². The molecule has 1 N–H and O–H groups in total. The molecule has 3 aromatic carbocycles. The molecule has 0 fully saturated rings. The van der Waals surface area contributed by atoms with Crippen LogP contribution in [0.1, 0.15) is 27.6 Å². The van der Waals surface area contributed by atoms with Gasteiger partial charge in [-0.1, -0.05) is 36.4 Å². The zero-order valence-electron chi connectivity index (χ0n) is 18.7. The first-order valence-electron chi connectivity index (χ1n) is 10.9. The molecule has 0 saturated carbocycles. The maximum atomic E-state index is 12.9. The number of para-hydroxylation sites is 2. The Kier molecular flexibility index (Phi) is 7.03. The van der Waals surface area contributed by atoms with Gasteiger partial charge in [-0.05, 0) is 49.4 Å². The highest BCUT2D eigenvalue weighted by molar-refractivity contribution is 6.09. The molecular weight excluding hydrogens is 432 g/mol. The SMILES string of the molecule is CCOC(=O)c1ccc(NC(=O)Cn2cc(C(=O)COc3ccccc3)c3ccccc32)cc1. The number of anilines is 1. The van der Waals surface area contributed by atoms with Gasteiger partial charge in [0.2, 0.25) is 11.7 Å². The highest BCUT2D eigenvalue weighted by Gasteiger charge is 2.17. The Morgan fingerprint density at radius 2 is 1.59 bits per heavy atom. The van der Waals surface area contributed by atoms with Gasteiger partial charge in [0.25, 0.3) is 0 Å². The smallest absolute Gasteiger partial charge is 0.338 e. The van der Waals surface area contributed by atoms with Gasteiger partial charge >= 0.3 is 5.97 Å². The van der Waals surface area contributed by atoms with E-state index < -0.39 is 5.97 Å². The van der Waals surface area contributed by atoms with Crippen LogP contribution in [0.15, 0.2) is 85.1 Å². The van der Waals surface area contributed by atoms with Crippen molar-refractivity contribution in [2.24, 2.45) is 0 Å².